The number of nitrogens with zero attached hydrogens (tertiary/aromatic N) is 1. The van der Waals surface area contributed by atoms with E-state index in [1.807, 2.05) is 0 Å². The number of aromatic amines is 1. The summed E-state index contributed by atoms with van der Waals surface area (Å²) in [6.07, 6.45) is 0. The van der Waals surface area contributed by atoms with Gasteiger partial charge in [0, 0.05) is 23.7 Å². The van der Waals surface area contributed by atoms with Crippen LogP contribution in [0, 0.1) is 11.8 Å². The average Bonchev–Trinajstić information content (AvgIpc) is 3.32. The lowest BCUT2D eigenvalue weighted by atomic mass is 10.1. The van der Waals surface area contributed by atoms with E-state index in [-0.39, 0.29) is 18.4 Å². The Morgan fingerprint density at radius 3 is 2.24 bits per heavy atom. The number of nitrogens with one attached hydrogen (secondary N) is 3. The molecule has 0 saturated carbocycles. The third-order valence-electron chi connectivity index (χ3n) is 4.56. The molecule has 0 spiro atoms. The number of anilines is 1. The van der Waals surface area contributed by atoms with Gasteiger partial charge in [-0.3, -0.25) is 14.7 Å². The topological polar surface area (TPSA) is 115 Å². The first-order valence-electron chi connectivity index (χ1n) is 9.95. The van der Waals surface area contributed by atoms with Crippen molar-refractivity contribution in [3.8, 4) is 40.3 Å². The third kappa shape index (κ3) is 5.83. The van der Waals surface area contributed by atoms with Crippen molar-refractivity contribution in [3.05, 3.63) is 53.7 Å². The van der Waals surface area contributed by atoms with Gasteiger partial charge in [0.2, 0.25) is 11.7 Å². The fourth-order valence-corrected chi connectivity index (χ4v) is 3.02. The molecule has 0 aliphatic heterocycles. The second kappa shape index (κ2) is 10.7. The summed E-state index contributed by atoms with van der Waals surface area (Å²) in [5.41, 5.74) is 3.00. The lowest BCUT2D eigenvalue weighted by Crippen LogP contribution is -2.23. The molecule has 0 aliphatic rings. The Balaban J connectivity index is 1.64. The van der Waals surface area contributed by atoms with Crippen molar-refractivity contribution in [2.75, 3.05) is 33.2 Å². The number of aromatic nitrogens is 2. The van der Waals surface area contributed by atoms with Crippen LogP contribution < -0.4 is 24.8 Å². The lowest BCUT2D eigenvalue weighted by molar-refractivity contribution is -0.114. The Labute approximate surface area is 191 Å². The molecule has 9 nitrogen and oxygen atoms in total. The molecule has 9 heteroatoms. The number of ether oxygens (including phenoxy) is 3. The Morgan fingerprint density at radius 2 is 1.67 bits per heavy atom. The second-order valence-corrected chi connectivity index (χ2v) is 6.82. The Bertz CT molecular complexity index is 1180. The lowest BCUT2D eigenvalue weighted by Gasteiger charge is -2.13. The zero-order valence-electron chi connectivity index (χ0n) is 18.7. The zero-order valence-corrected chi connectivity index (χ0v) is 18.7. The minimum atomic E-state index is -0.337. The van der Waals surface area contributed by atoms with Gasteiger partial charge >= 0.3 is 0 Å². The predicted octanol–water partition coefficient (Wildman–Crippen LogP) is 2.84. The van der Waals surface area contributed by atoms with Crippen LogP contribution in [0.5, 0.6) is 17.2 Å². The molecule has 0 bridgehead atoms. The van der Waals surface area contributed by atoms with Crippen LogP contribution in [0.2, 0.25) is 0 Å². The van der Waals surface area contributed by atoms with E-state index in [2.05, 4.69) is 32.7 Å². The summed E-state index contributed by atoms with van der Waals surface area (Å²) in [6.45, 7) is 1.61. The number of amides is 2. The summed E-state index contributed by atoms with van der Waals surface area (Å²) in [7, 11) is 4.59. The number of hydrogen-bond donors (Lipinski definition) is 3. The minimum Gasteiger partial charge on any atom is -0.493 e. The van der Waals surface area contributed by atoms with E-state index in [1.165, 1.54) is 28.3 Å². The van der Waals surface area contributed by atoms with Gasteiger partial charge in [0.05, 0.1) is 33.6 Å². The first kappa shape index (κ1) is 23.2. The van der Waals surface area contributed by atoms with Gasteiger partial charge in [-0.05, 0) is 42.5 Å². The van der Waals surface area contributed by atoms with E-state index in [4.69, 9.17) is 14.2 Å². The van der Waals surface area contributed by atoms with E-state index in [1.54, 1.807) is 42.5 Å². The molecular weight excluding hydrogens is 424 g/mol. The van der Waals surface area contributed by atoms with Gasteiger partial charge in [-0.15, -0.1) is 0 Å². The molecular formula is C24H24N4O5. The first-order chi connectivity index (χ1) is 15.9. The molecule has 3 aromatic rings. The number of H-pyrrole nitrogens is 1. The Hall–Kier alpha value is -4.45. The SMILES string of the molecule is COc1cc(-c2cc(C(=O)NCC#Cc3ccc(NC(C)=O)cc3)[nH]n2)cc(OC)c1OC. The van der Waals surface area contributed by atoms with E-state index in [0.29, 0.717) is 39.9 Å². The summed E-state index contributed by atoms with van der Waals surface area (Å²) in [6, 6.07) is 12.2. The average molecular weight is 448 g/mol. The van der Waals surface area contributed by atoms with Crippen LogP contribution in [0.15, 0.2) is 42.5 Å². The Morgan fingerprint density at radius 1 is 1.00 bits per heavy atom. The fraction of sp³-hybridized carbons (Fsp3) is 0.208. The second-order valence-electron chi connectivity index (χ2n) is 6.82. The third-order valence-corrected chi connectivity index (χ3v) is 4.56. The molecule has 0 atom stereocenters. The van der Waals surface area contributed by atoms with E-state index < -0.39 is 0 Å². The summed E-state index contributed by atoms with van der Waals surface area (Å²) in [4.78, 5) is 23.5. The highest BCUT2D eigenvalue weighted by molar-refractivity contribution is 5.93. The van der Waals surface area contributed by atoms with Gasteiger partial charge in [0.1, 0.15) is 5.69 Å². The van der Waals surface area contributed by atoms with Crippen LogP contribution in [-0.2, 0) is 4.79 Å². The number of methoxy groups -OCH3 is 3. The minimum absolute atomic E-state index is 0.135. The molecule has 0 radical (unpaired) electrons. The van der Waals surface area contributed by atoms with Crippen molar-refractivity contribution in [1.82, 2.24) is 15.5 Å². The molecule has 0 aliphatic carbocycles. The standard InChI is InChI=1S/C24H24N4O5/c1-15(29)26-18-9-7-16(8-10-18)6-5-11-25-24(30)20-14-19(27-28-20)17-12-21(31-2)23(33-4)22(13-17)32-3/h7-10,12-14H,11H2,1-4H3,(H,25,30)(H,26,29)(H,27,28). The molecule has 1 heterocycles. The van der Waals surface area contributed by atoms with Crippen molar-refractivity contribution in [1.29, 1.82) is 0 Å². The van der Waals surface area contributed by atoms with Crippen LogP contribution in [0.1, 0.15) is 23.0 Å². The normalized spacial score (nSPS) is 9.94. The van der Waals surface area contributed by atoms with Crippen LogP contribution in [0.4, 0.5) is 5.69 Å². The molecule has 0 fully saturated rings. The molecule has 3 rings (SSSR count). The maximum atomic E-state index is 12.4. The quantitative estimate of drug-likeness (QED) is 0.479. The highest BCUT2D eigenvalue weighted by Crippen LogP contribution is 2.40. The van der Waals surface area contributed by atoms with Crippen molar-refractivity contribution >= 4 is 17.5 Å². The monoisotopic (exact) mass is 448 g/mol. The number of benzene rings is 2. The molecule has 3 N–H and O–H groups in total. The number of carbonyl (C=O) groups excluding carboxylic acids is 2. The van der Waals surface area contributed by atoms with E-state index in [0.717, 1.165) is 5.56 Å². The number of hydrogen-bond acceptors (Lipinski definition) is 6. The van der Waals surface area contributed by atoms with E-state index in [9.17, 15) is 9.59 Å². The van der Waals surface area contributed by atoms with Gasteiger partial charge < -0.3 is 24.8 Å². The number of carbonyl (C=O) groups is 2. The molecule has 33 heavy (non-hydrogen) atoms. The largest absolute Gasteiger partial charge is 0.493 e. The maximum Gasteiger partial charge on any atom is 0.270 e. The van der Waals surface area contributed by atoms with Crippen molar-refractivity contribution < 1.29 is 23.8 Å². The highest BCUT2D eigenvalue weighted by Gasteiger charge is 2.17. The van der Waals surface area contributed by atoms with Gasteiger partial charge in [-0.2, -0.15) is 5.10 Å². The summed E-state index contributed by atoms with van der Waals surface area (Å²) < 4.78 is 16.1. The molecule has 2 aromatic carbocycles. The first-order valence-corrected chi connectivity index (χ1v) is 9.95. The van der Waals surface area contributed by atoms with E-state index >= 15 is 0 Å². The van der Waals surface area contributed by atoms with Crippen LogP contribution in [0.25, 0.3) is 11.3 Å². The van der Waals surface area contributed by atoms with Gasteiger partial charge in [0.15, 0.2) is 11.5 Å². The highest BCUT2D eigenvalue weighted by atomic mass is 16.5. The van der Waals surface area contributed by atoms with Crippen molar-refractivity contribution in [2.24, 2.45) is 0 Å². The predicted molar refractivity (Wildman–Crippen MR) is 124 cm³/mol. The molecule has 2 amide bonds. The van der Waals surface area contributed by atoms with Crippen LogP contribution in [-0.4, -0.2) is 49.9 Å². The van der Waals surface area contributed by atoms with Gasteiger partial charge in [-0.25, -0.2) is 0 Å². The van der Waals surface area contributed by atoms with Crippen molar-refractivity contribution in [2.45, 2.75) is 6.92 Å². The summed E-state index contributed by atoms with van der Waals surface area (Å²) >= 11 is 0. The van der Waals surface area contributed by atoms with Crippen molar-refractivity contribution in [3.63, 3.8) is 0 Å². The van der Waals surface area contributed by atoms with Crippen LogP contribution >= 0.6 is 0 Å². The zero-order chi connectivity index (χ0) is 23.8. The fourth-order valence-electron chi connectivity index (χ4n) is 3.02. The maximum absolute atomic E-state index is 12.4. The molecule has 0 saturated heterocycles. The number of rotatable bonds is 7. The molecule has 0 unspecified atom stereocenters. The summed E-state index contributed by atoms with van der Waals surface area (Å²) in [5.74, 6) is 6.82. The van der Waals surface area contributed by atoms with Gasteiger partial charge in [-0.1, -0.05) is 11.8 Å². The Kier molecular flexibility index (Phi) is 7.55. The van der Waals surface area contributed by atoms with Crippen LogP contribution in [0.3, 0.4) is 0 Å². The molecule has 1 aromatic heterocycles. The summed E-state index contributed by atoms with van der Waals surface area (Å²) in [5, 5.41) is 12.4. The smallest absolute Gasteiger partial charge is 0.270 e. The molecule has 170 valence electrons. The van der Waals surface area contributed by atoms with Gasteiger partial charge in [0.25, 0.3) is 5.91 Å².